The molecule has 1 amide bonds. The van der Waals surface area contributed by atoms with Gasteiger partial charge in [-0.15, -0.1) is 11.3 Å². The van der Waals surface area contributed by atoms with Crippen LogP contribution in [-0.4, -0.2) is 15.9 Å². The molecule has 0 spiro atoms. The maximum atomic E-state index is 12.7. The lowest BCUT2D eigenvalue weighted by molar-refractivity contribution is 0.102. The first-order valence-electron chi connectivity index (χ1n) is 9.30. The highest BCUT2D eigenvalue weighted by atomic mass is 32.2. The third-order valence-corrected chi connectivity index (χ3v) is 6.53. The number of nitrogens with zero attached hydrogens (tertiary/aromatic N) is 1. The Hall–Kier alpha value is -3.16. The highest BCUT2D eigenvalue weighted by Crippen LogP contribution is 2.32. The van der Waals surface area contributed by atoms with Gasteiger partial charge in [0.2, 0.25) is 0 Å². The Bertz CT molecular complexity index is 1260. The van der Waals surface area contributed by atoms with Gasteiger partial charge in [-0.3, -0.25) is 9.59 Å². The Morgan fingerprint density at radius 1 is 1.07 bits per heavy atom. The second kappa shape index (κ2) is 8.69. The summed E-state index contributed by atoms with van der Waals surface area (Å²) in [6, 6.07) is 18.6. The van der Waals surface area contributed by atoms with Crippen molar-refractivity contribution >= 4 is 34.7 Å². The van der Waals surface area contributed by atoms with Crippen molar-refractivity contribution in [3.8, 4) is 11.3 Å². The molecule has 2 N–H and O–H groups in total. The van der Waals surface area contributed by atoms with E-state index < -0.39 is 11.5 Å². The maximum Gasteiger partial charge on any atom is 0.261 e. The molecule has 30 heavy (non-hydrogen) atoms. The van der Waals surface area contributed by atoms with E-state index in [0.29, 0.717) is 11.4 Å². The largest absolute Gasteiger partial charge is 0.322 e. The van der Waals surface area contributed by atoms with Gasteiger partial charge in [-0.2, -0.15) is 0 Å². The lowest BCUT2D eigenvalue weighted by Gasteiger charge is -2.10. The normalized spacial score (nSPS) is 10.7. The molecule has 0 atom stereocenters. The standard InChI is InChI=1S/C23H19N3O2S2/c1-14-12-17(30-23-24-15(2)13-29-23)8-10-19(14)25-21(27)18-9-11-20(26-22(18)28)16-6-4-3-5-7-16/h3-13H,1-2H3,(H,25,27)(H,26,28). The Morgan fingerprint density at radius 2 is 1.87 bits per heavy atom. The number of carbonyl (C=O) groups excluding carboxylic acids is 1. The molecular weight excluding hydrogens is 414 g/mol. The highest BCUT2D eigenvalue weighted by molar-refractivity contribution is 8.01. The number of benzene rings is 2. The SMILES string of the molecule is Cc1csc(Sc2ccc(NC(=O)c3ccc(-c4ccccc4)[nH]c3=O)c(C)c2)n1. The van der Waals surface area contributed by atoms with E-state index in [2.05, 4.69) is 15.3 Å². The fourth-order valence-electron chi connectivity index (χ4n) is 2.95. The molecule has 0 unspecified atom stereocenters. The Kier molecular flexibility index (Phi) is 5.83. The minimum Gasteiger partial charge on any atom is -0.322 e. The number of aryl methyl sites for hydroxylation is 2. The summed E-state index contributed by atoms with van der Waals surface area (Å²) in [6.45, 7) is 3.90. The van der Waals surface area contributed by atoms with Gasteiger partial charge in [0, 0.05) is 27.4 Å². The molecule has 0 saturated heterocycles. The number of hydrogen-bond acceptors (Lipinski definition) is 5. The van der Waals surface area contributed by atoms with Crippen molar-refractivity contribution in [1.82, 2.24) is 9.97 Å². The molecular formula is C23H19N3O2S2. The van der Waals surface area contributed by atoms with Gasteiger partial charge in [0.1, 0.15) is 5.56 Å². The van der Waals surface area contributed by atoms with Gasteiger partial charge in [0.25, 0.3) is 11.5 Å². The number of aromatic amines is 1. The van der Waals surface area contributed by atoms with Crippen LogP contribution in [0.3, 0.4) is 0 Å². The molecule has 2 heterocycles. The molecule has 4 rings (SSSR count). The second-order valence-corrected chi connectivity index (χ2v) is 8.95. The molecule has 0 fully saturated rings. The molecule has 2 aromatic heterocycles. The summed E-state index contributed by atoms with van der Waals surface area (Å²) < 4.78 is 0.980. The molecule has 0 bridgehead atoms. The Morgan fingerprint density at radius 3 is 2.53 bits per heavy atom. The number of H-pyrrole nitrogens is 1. The zero-order valence-electron chi connectivity index (χ0n) is 16.4. The molecule has 0 aliphatic carbocycles. The Labute approximate surface area is 182 Å². The van der Waals surface area contributed by atoms with E-state index in [1.165, 1.54) is 0 Å². The van der Waals surface area contributed by atoms with Crippen LogP contribution in [0.1, 0.15) is 21.6 Å². The van der Waals surface area contributed by atoms with Gasteiger partial charge in [-0.05, 0) is 55.3 Å². The minimum absolute atomic E-state index is 0.0748. The fourth-order valence-corrected chi connectivity index (χ4v) is 4.86. The zero-order chi connectivity index (χ0) is 21.1. The van der Waals surface area contributed by atoms with Crippen LogP contribution in [0.25, 0.3) is 11.3 Å². The molecule has 7 heteroatoms. The van der Waals surface area contributed by atoms with Gasteiger partial charge < -0.3 is 10.3 Å². The van der Waals surface area contributed by atoms with E-state index in [4.69, 9.17) is 0 Å². The van der Waals surface area contributed by atoms with Crippen molar-refractivity contribution < 1.29 is 4.79 Å². The minimum atomic E-state index is -0.435. The number of aromatic nitrogens is 2. The van der Waals surface area contributed by atoms with Gasteiger partial charge in [0.05, 0.1) is 0 Å². The lowest BCUT2D eigenvalue weighted by atomic mass is 10.1. The van der Waals surface area contributed by atoms with Crippen molar-refractivity contribution in [1.29, 1.82) is 0 Å². The predicted molar refractivity (Wildman–Crippen MR) is 123 cm³/mol. The molecule has 5 nitrogen and oxygen atoms in total. The van der Waals surface area contributed by atoms with Crippen LogP contribution in [0, 0.1) is 13.8 Å². The number of rotatable bonds is 5. The fraction of sp³-hybridized carbons (Fsp3) is 0.0870. The molecule has 4 aromatic rings. The number of carbonyl (C=O) groups is 1. The number of amides is 1. The van der Waals surface area contributed by atoms with Crippen LogP contribution >= 0.6 is 23.1 Å². The summed E-state index contributed by atoms with van der Waals surface area (Å²) in [5.74, 6) is -0.435. The molecule has 2 aromatic carbocycles. The van der Waals surface area contributed by atoms with Gasteiger partial charge in [0.15, 0.2) is 4.34 Å². The van der Waals surface area contributed by atoms with Crippen molar-refractivity contribution in [2.24, 2.45) is 0 Å². The van der Waals surface area contributed by atoms with Crippen molar-refractivity contribution in [3.63, 3.8) is 0 Å². The van der Waals surface area contributed by atoms with E-state index in [-0.39, 0.29) is 5.56 Å². The van der Waals surface area contributed by atoms with E-state index >= 15 is 0 Å². The van der Waals surface area contributed by atoms with E-state index in [0.717, 1.165) is 26.1 Å². The Balaban J connectivity index is 1.50. The number of pyridine rings is 1. The first kappa shape index (κ1) is 20.1. The monoisotopic (exact) mass is 433 g/mol. The summed E-state index contributed by atoms with van der Waals surface area (Å²) in [5.41, 5.74) is 3.81. The molecule has 0 radical (unpaired) electrons. The summed E-state index contributed by atoms with van der Waals surface area (Å²) in [4.78, 5) is 33.4. The average Bonchev–Trinajstić information content (AvgIpc) is 3.15. The van der Waals surface area contributed by atoms with E-state index in [1.54, 1.807) is 35.2 Å². The number of hydrogen-bond donors (Lipinski definition) is 2. The van der Waals surface area contributed by atoms with Crippen LogP contribution < -0.4 is 10.9 Å². The van der Waals surface area contributed by atoms with Crippen LogP contribution in [0.5, 0.6) is 0 Å². The summed E-state index contributed by atoms with van der Waals surface area (Å²) in [7, 11) is 0. The molecule has 0 saturated carbocycles. The topological polar surface area (TPSA) is 74.8 Å². The average molecular weight is 434 g/mol. The predicted octanol–water partition coefficient (Wildman–Crippen LogP) is 5.52. The van der Waals surface area contributed by atoms with Gasteiger partial charge >= 0.3 is 0 Å². The number of thiazole rings is 1. The smallest absolute Gasteiger partial charge is 0.261 e. The van der Waals surface area contributed by atoms with Crippen molar-refractivity contribution in [2.45, 2.75) is 23.1 Å². The van der Waals surface area contributed by atoms with Crippen molar-refractivity contribution in [3.05, 3.63) is 93.2 Å². The quantitative estimate of drug-likeness (QED) is 0.435. The van der Waals surface area contributed by atoms with E-state index in [9.17, 15) is 9.59 Å². The second-order valence-electron chi connectivity index (χ2n) is 6.77. The van der Waals surface area contributed by atoms with Crippen LogP contribution in [0.15, 0.2) is 80.1 Å². The molecule has 0 aliphatic heterocycles. The molecule has 0 aliphatic rings. The maximum absolute atomic E-state index is 12.7. The highest BCUT2D eigenvalue weighted by Gasteiger charge is 2.13. The van der Waals surface area contributed by atoms with Crippen LogP contribution in [0.4, 0.5) is 5.69 Å². The van der Waals surface area contributed by atoms with Crippen LogP contribution in [-0.2, 0) is 0 Å². The van der Waals surface area contributed by atoms with Crippen LogP contribution in [0.2, 0.25) is 0 Å². The van der Waals surface area contributed by atoms with Gasteiger partial charge in [-0.1, -0.05) is 42.1 Å². The first-order chi connectivity index (χ1) is 14.5. The first-order valence-corrected chi connectivity index (χ1v) is 11.0. The number of nitrogens with one attached hydrogen (secondary N) is 2. The van der Waals surface area contributed by atoms with Crippen molar-refractivity contribution in [2.75, 3.05) is 5.32 Å². The van der Waals surface area contributed by atoms with E-state index in [1.807, 2.05) is 67.8 Å². The number of anilines is 1. The van der Waals surface area contributed by atoms with Gasteiger partial charge in [-0.25, -0.2) is 4.98 Å². The summed E-state index contributed by atoms with van der Waals surface area (Å²) in [5, 5.41) is 4.86. The molecule has 150 valence electrons. The zero-order valence-corrected chi connectivity index (χ0v) is 18.1. The lowest BCUT2D eigenvalue weighted by Crippen LogP contribution is -2.23. The summed E-state index contributed by atoms with van der Waals surface area (Å²) >= 11 is 3.20. The third kappa shape index (κ3) is 4.53. The third-order valence-electron chi connectivity index (χ3n) is 4.49. The summed E-state index contributed by atoms with van der Waals surface area (Å²) in [6.07, 6.45) is 0.